The Bertz CT molecular complexity index is 138. The molecule has 0 aliphatic carbocycles. The summed E-state index contributed by atoms with van der Waals surface area (Å²) in [6, 6.07) is 0. The molecular formula is C9H19NO. The van der Waals surface area contributed by atoms with E-state index in [1.807, 2.05) is 13.8 Å². The topological polar surface area (TPSA) is 29.4 Å². The quantitative estimate of drug-likeness (QED) is 0.575. The maximum absolute atomic E-state index is 10.4. The maximum atomic E-state index is 10.4. The second kappa shape index (κ2) is 3.33. The first-order valence-corrected chi connectivity index (χ1v) is 4.17. The van der Waals surface area contributed by atoms with Crippen molar-refractivity contribution in [3.8, 4) is 0 Å². The molecule has 0 amide bonds. The zero-order valence-electron chi connectivity index (χ0n) is 8.27. The van der Waals surface area contributed by atoms with Crippen molar-refractivity contribution < 1.29 is 0 Å². The minimum Gasteiger partial charge on any atom is -0.150 e. The van der Waals surface area contributed by atoms with Gasteiger partial charge >= 0.3 is 0 Å². The molecule has 0 aliphatic rings. The third-order valence-electron chi connectivity index (χ3n) is 2.12. The predicted molar refractivity (Wildman–Crippen MR) is 48.6 cm³/mol. The van der Waals surface area contributed by atoms with Gasteiger partial charge in [-0.1, -0.05) is 32.4 Å². The Hall–Kier alpha value is -0.400. The molecular weight excluding hydrogens is 138 g/mol. The van der Waals surface area contributed by atoms with E-state index in [1.54, 1.807) is 0 Å². The van der Waals surface area contributed by atoms with E-state index in [4.69, 9.17) is 0 Å². The van der Waals surface area contributed by atoms with Crippen LogP contribution >= 0.6 is 0 Å². The van der Waals surface area contributed by atoms with Crippen LogP contribution in [-0.4, -0.2) is 5.54 Å². The van der Waals surface area contributed by atoms with Gasteiger partial charge in [0.2, 0.25) is 0 Å². The van der Waals surface area contributed by atoms with Gasteiger partial charge in [0.25, 0.3) is 0 Å². The fourth-order valence-electron chi connectivity index (χ4n) is 1.33. The van der Waals surface area contributed by atoms with E-state index < -0.39 is 5.54 Å². The average molecular weight is 157 g/mol. The second-order valence-corrected chi connectivity index (χ2v) is 4.60. The summed E-state index contributed by atoms with van der Waals surface area (Å²) in [5.41, 5.74) is -0.170. The molecule has 0 rings (SSSR count). The SMILES string of the molecule is CCC(C)(C)CC(C)(C)N=O. The summed E-state index contributed by atoms with van der Waals surface area (Å²) in [6.45, 7) is 10.2. The average Bonchev–Trinajstić information content (AvgIpc) is 1.86. The van der Waals surface area contributed by atoms with E-state index in [1.165, 1.54) is 0 Å². The van der Waals surface area contributed by atoms with Crippen molar-refractivity contribution in [3.05, 3.63) is 4.91 Å². The molecule has 0 unspecified atom stereocenters. The molecule has 0 spiro atoms. The van der Waals surface area contributed by atoms with E-state index in [0.29, 0.717) is 0 Å². The smallest absolute Gasteiger partial charge is 0.0975 e. The van der Waals surface area contributed by atoms with Crippen LogP contribution in [0.3, 0.4) is 0 Å². The van der Waals surface area contributed by atoms with Crippen LogP contribution < -0.4 is 0 Å². The molecule has 0 atom stereocenters. The number of nitrogens with zero attached hydrogens (tertiary/aromatic N) is 1. The summed E-state index contributed by atoms with van der Waals surface area (Å²) in [6.07, 6.45) is 1.95. The van der Waals surface area contributed by atoms with E-state index in [0.717, 1.165) is 12.8 Å². The molecule has 0 aliphatic heterocycles. The molecule has 0 heterocycles. The summed E-state index contributed by atoms with van der Waals surface area (Å²) in [5.74, 6) is 0. The lowest BCUT2D eigenvalue weighted by Gasteiger charge is -2.28. The highest BCUT2D eigenvalue weighted by Crippen LogP contribution is 2.32. The number of nitroso groups, excluding NO2 is 1. The van der Waals surface area contributed by atoms with Crippen molar-refractivity contribution in [1.82, 2.24) is 0 Å². The van der Waals surface area contributed by atoms with Gasteiger partial charge in [-0.15, -0.1) is 0 Å². The Morgan fingerprint density at radius 3 is 1.91 bits per heavy atom. The molecule has 0 aromatic carbocycles. The second-order valence-electron chi connectivity index (χ2n) is 4.60. The Morgan fingerprint density at radius 2 is 1.64 bits per heavy atom. The molecule has 0 bridgehead atoms. The lowest BCUT2D eigenvalue weighted by atomic mass is 9.79. The van der Waals surface area contributed by atoms with Crippen molar-refractivity contribution in [3.63, 3.8) is 0 Å². The van der Waals surface area contributed by atoms with Gasteiger partial charge in [-0.2, -0.15) is 4.91 Å². The zero-order valence-corrected chi connectivity index (χ0v) is 8.27. The molecule has 0 fully saturated rings. The van der Waals surface area contributed by atoms with Gasteiger partial charge in [0, 0.05) is 0 Å². The van der Waals surface area contributed by atoms with Crippen LogP contribution in [0.2, 0.25) is 0 Å². The van der Waals surface area contributed by atoms with Gasteiger partial charge in [-0.05, 0) is 25.7 Å². The van der Waals surface area contributed by atoms with E-state index >= 15 is 0 Å². The lowest BCUT2D eigenvalue weighted by molar-refractivity contribution is 0.251. The van der Waals surface area contributed by atoms with Crippen LogP contribution in [0.15, 0.2) is 5.18 Å². The highest BCUT2D eigenvalue weighted by atomic mass is 16.3. The van der Waals surface area contributed by atoms with Crippen LogP contribution in [-0.2, 0) is 0 Å². The van der Waals surface area contributed by atoms with E-state index in [2.05, 4.69) is 25.9 Å². The van der Waals surface area contributed by atoms with Gasteiger partial charge in [0.1, 0.15) is 0 Å². The van der Waals surface area contributed by atoms with Crippen molar-refractivity contribution in [1.29, 1.82) is 0 Å². The Labute approximate surface area is 69.4 Å². The number of rotatable bonds is 4. The summed E-state index contributed by atoms with van der Waals surface area (Å²) in [7, 11) is 0. The van der Waals surface area contributed by atoms with Gasteiger partial charge in [0.15, 0.2) is 0 Å². The molecule has 0 saturated carbocycles. The first-order valence-electron chi connectivity index (χ1n) is 4.17. The lowest BCUT2D eigenvalue weighted by Crippen LogP contribution is -2.25. The van der Waals surface area contributed by atoms with Crippen LogP contribution in [0.1, 0.15) is 47.5 Å². The van der Waals surface area contributed by atoms with Crippen molar-refractivity contribution in [2.45, 2.75) is 53.0 Å². The van der Waals surface area contributed by atoms with Crippen molar-refractivity contribution in [2.24, 2.45) is 10.6 Å². The third kappa shape index (κ3) is 4.12. The van der Waals surface area contributed by atoms with Gasteiger partial charge < -0.3 is 0 Å². The van der Waals surface area contributed by atoms with Gasteiger partial charge in [-0.25, -0.2) is 0 Å². The molecule has 0 N–H and O–H groups in total. The molecule has 0 aromatic rings. The molecule has 11 heavy (non-hydrogen) atoms. The standard InChI is InChI=1S/C9H19NO/c1-6-8(2,3)7-9(4,5)10-11/h6-7H2,1-5H3. The normalized spacial score (nSPS) is 13.2. The Kier molecular flexibility index (Phi) is 3.21. The summed E-state index contributed by atoms with van der Waals surface area (Å²) in [5, 5.41) is 3.10. The van der Waals surface area contributed by atoms with Gasteiger partial charge in [-0.3, -0.25) is 0 Å². The first-order chi connectivity index (χ1) is 4.83. The molecule has 66 valence electrons. The predicted octanol–water partition coefficient (Wildman–Crippen LogP) is 3.36. The van der Waals surface area contributed by atoms with Crippen LogP contribution in [0, 0.1) is 10.3 Å². The first kappa shape index (κ1) is 10.6. The fraction of sp³-hybridized carbons (Fsp3) is 1.00. The molecule has 0 aromatic heterocycles. The third-order valence-corrected chi connectivity index (χ3v) is 2.12. The van der Waals surface area contributed by atoms with Crippen molar-refractivity contribution >= 4 is 0 Å². The zero-order chi connectivity index (χ0) is 9.12. The molecule has 0 saturated heterocycles. The number of hydrogen-bond acceptors (Lipinski definition) is 2. The summed E-state index contributed by atoms with van der Waals surface area (Å²) in [4.78, 5) is 10.4. The molecule has 2 heteroatoms. The summed E-state index contributed by atoms with van der Waals surface area (Å²) < 4.78 is 0. The van der Waals surface area contributed by atoms with E-state index in [9.17, 15) is 4.91 Å². The Balaban J connectivity index is 4.12. The van der Waals surface area contributed by atoms with Gasteiger partial charge in [0.05, 0.1) is 5.54 Å². The number of hydrogen-bond donors (Lipinski definition) is 0. The van der Waals surface area contributed by atoms with Crippen LogP contribution in [0.25, 0.3) is 0 Å². The maximum Gasteiger partial charge on any atom is 0.0975 e. The van der Waals surface area contributed by atoms with Crippen LogP contribution in [0.5, 0.6) is 0 Å². The minimum atomic E-state index is -0.403. The minimum absolute atomic E-state index is 0.234. The van der Waals surface area contributed by atoms with Crippen molar-refractivity contribution in [2.75, 3.05) is 0 Å². The summed E-state index contributed by atoms with van der Waals surface area (Å²) >= 11 is 0. The highest BCUT2D eigenvalue weighted by Gasteiger charge is 2.28. The largest absolute Gasteiger partial charge is 0.150 e. The fourth-order valence-corrected chi connectivity index (χ4v) is 1.33. The van der Waals surface area contributed by atoms with Crippen LogP contribution in [0.4, 0.5) is 0 Å². The molecule has 0 radical (unpaired) electrons. The monoisotopic (exact) mass is 157 g/mol. The van der Waals surface area contributed by atoms with E-state index in [-0.39, 0.29) is 5.41 Å². The highest BCUT2D eigenvalue weighted by molar-refractivity contribution is 4.83. The Morgan fingerprint density at radius 1 is 1.18 bits per heavy atom. The molecule has 2 nitrogen and oxygen atoms in total.